The van der Waals surface area contributed by atoms with E-state index < -0.39 is 11.9 Å². The molecular weight excluding hydrogens is 398 g/mol. The quantitative estimate of drug-likeness (QED) is 0.492. The molecule has 11 heteroatoms. The number of nitrogen functional groups attached to an aromatic ring is 1. The number of anilines is 3. The highest BCUT2D eigenvalue weighted by atomic mass is 35.5. The van der Waals surface area contributed by atoms with Crippen LogP contribution in [0.5, 0.6) is 0 Å². The Kier molecular flexibility index (Phi) is 6.48. The normalized spacial score (nSPS) is 10.2. The lowest BCUT2D eigenvalue weighted by molar-refractivity contribution is -0.143. The molecule has 3 rings (SSSR count). The van der Waals surface area contributed by atoms with E-state index in [1.54, 1.807) is 0 Å². The second-order valence-electron chi connectivity index (χ2n) is 5.63. The van der Waals surface area contributed by atoms with E-state index in [2.05, 4.69) is 30.6 Å². The van der Waals surface area contributed by atoms with E-state index in [9.17, 15) is 9.59 Å². The van der Waals surface area contributed by atoms with Crippen LogP contribution in [0, 0.1) is 0 Å². The van der Waals surface area contributed by atoms with Crippen molar-refractivity contribution in [3.8, 4) is 0 Å². The smallest absolute Gasteiger partial charge is 0.325 e. The summed E-state index contributed by atoms with van der Waals surface area (Å²) < 4.78 is 5.06. The third kappa shape index (κ3) is 6.11. The third-order valence-electron chi connectivity index (χ3n) is 3.44. The van der Waals surface area contributed by atoms with Gasteiger partial charge in [0.1, 0.15) is 12.2 Å². The maximum absolute atomic E-state index is 11.9. The standard InChI is InChI=1S/C18H16ClN7O3/c19-11-6-7-21-13(8-11)16(28)22-9-15(27)29-10-14-24-17(20)26-18(25-14)23-12-4-2-1-3-5-12/h1-8H,9-10H2,(H,22,28)(H3,20,23,24,25,26). The van der Waals surface area contributed by atoms with Crippen molar-refractivity contribution in [1.29, 1.82) is 0 Å². The van der Waals surface area contributed by atoms with Gasteiger partial charge in [0.2, 0.25) is 11.9 Å². The first-order chi connectivity index (χ1) is 14.0. The van der Waals surface area contributed by atoms with Gasteiger partial charge in [-0.25, -0.2) is 0 Å². The van der Waals surface area contributed by atoms with Gasteiger partial charge in [-0.2, -0.15) is 15.0 Å². The van der Waals surface area contributed by atoms with E-state index in [0.29, 0.717) is 5.02 Å². The number of carbonyl (C=O) groups excluding carboxylic acids is 2. The first-order valence-corrected chi connectivity index (χ1v) is 8.75. The molecule has 0 aliphatic heterocycles. The fraction of sp³-hybridized carbons (Fsp3) is 0.111. The minimum Gasteiger partial charge on any atom is -0.456 e. The molecule has 1 amide bonds. The van der Waals surface area contributed by atoms with Crippen molar-refractivity contribution in [3.63, 3.8) is 0 Å². The first-order valence-electron chi connectivity index (χ1n) is 8.37. The highest BCUT2D eigenvalue weighted by Gasteiger charge is 2.12. The summed E-state index contributed by atoms with van der Waals surface area (Å²) in [6, 6.07) is 12.2. The second-order valence-corrected chi connectivity index (χ2v) is 6.06. The average Bonchev–Trinajstić information content (AvgIpc) is 2.71. The van der Waals surface area contributed by atoms with Crippen LogP contribution in [-0.2, 0) is 16.1 Å². The Hall–Kier alpha value is -3.79. The van der Waals surface area contributed by atoms with Crippen molar-refractivity contribution in [2.75, 3.05) is 17.6 Å². The van der Waals surface area contributed by atoms with Gasteiger partial charge in [0.05, 0.1) is 0 Å². The highest BCUT2D eigenvalue weighted by molar-refractivity contribution is 6.30. The Morgan fingerprint density at radius 2 is 1.90 bits per heavy atom. The number of carbonyl (C=O) groups is 2. The topological polar surface area (TPSA) is 145 Å². The Balaban J connectivity index is 1.52. The van der Waals surface area contributed by atoms with Gasteiger partial charge in [0.15, 0.2) is 12.4 Å². The molecule has 0 spiro atoms. The van der Waals surface area contributed by atoms with Crippen LogP contribution >= 0.6 is 11.6 Å². The fourth-order valence-corrected chi connectivity index (χ4v) is 2.34. The Labute approximate surface area is 170 Å². The monoisotopic (exact) mass is 413 g/mol. The van der Waals surface area contributed by atoms with Crippen LogP contribution in [-0.4, -0.2) is 38.4 Å². The Morgan fingerprint density at radius 1 is 1.10 bits per heavy atom. The molecule has 0 saturated carbocycles. The van der Waals surface area contributed by atoms with Crippen LogP contribution in [0.1, 0.15) is 16.3 Å². The van der Waals surface area contributed by atoms with Gasteiger partial charge < -0.3 is 21.1 Å². The van der Waals surface area contributed by atoms with Gasteiger partial charge in [-0.05, 0) is 24.3 Å². The van der Waals surface area contributed by atoms with E-state index >= 15 is 0 Å². The molecule has 0 aliphatic rings. The summed E-state index contributed by atoms with van der Waals surface area (Å²) in [6.45, 7) is -0.594. The van der Waals surface area contributed by atoms with Crippen molar-refractivity contribution >= 4 is 41.1 Å². The maximum atomic E-state index is 11.9. The van der Waals surface area contributed by atoms with Gasteiger partial charge in [-0.1, -0.05) is 29.8 Å². The number of ether oxygens (including phenoxy) is 1. The molecule has 0 atom stereocenters. The summed E-state index contributed by atoms with van der Waals surface area (Å²) in [4.78, 5) is 39.8. The second kappa shape index (κ2) is 9.42. The number of benzene rings is 1. The molecule has 2 heterocycles. The number of nitrogens with one attached hydrogen (secondary N) is 2. The number of aromatic nitrogens is 4. The number of para-hydroxylation sites is 1. The van der Waals surface area contributed by atoms with Gasteiger partial charge >= 0.3 is 5.97 Å². The maximum Gasteiger partial charge on any atom is 0.325 e. The summed E-state index contributed by atoms with van der Waals surface area (Å²) in [6.07, 6.45) is 1.39. The summed E-state index contributed by atoms with van der Waals surface area (Å²) in [5.41, 5.74) is 6.53. The van der Waals surface area contributed by atoms with Crippen LogP contribution < -0.4 is 16.4 Å². The first kappa shape index (κ1) is 20.0. The predicted molar refractivity (Wildman–Crippen MR) is 105 cm³/mol. The Morgan fingerprint density at radius 3 is 2.66 bits per heavy atom. The van der Waals surface area contributed by atoms with E-state index in [1.807, 2.05) is 30.3 Å². The molecule has 0 fully saturated rings. The zero-order valence-electron chi connectivity index (χ0n) is 15.0. The number of hydrogen-bond acceptors (Lipinski definition) is 9. The van der Waals surface area contributed by atoms with Gasteiger partial charge in [-0.3, -0.25) is 14.6 Å². The lowest BCUT2D eigenvalue weighted by atomic mass is 10.3. The number of halogens is 1. The molecule has 148 valence electrons. The zero-order valence-corrected chi connectivity index (χ0v) is 15.8. The summed E-state index contributed by atoms with van der Waals surface area (Å²) >= 11 is 5.80. The molecule has 0 aliphatic carbocycles. The largest absolute Gasteiger partial charge is 0.456 e. The predicted octanol–water partition coefficient (Wildman–Crippen LogP) is 1.72. The van der Waals surface area contributed by atoms with Gasteiger partial charge in [0, 0.05) is 16.9 Å². The zero-order chi connectivity index (χ0) is 20.6. The molecule has 10 nitrogen and oxygen atoms in total. The number of amides is 1. The van der Waals surface area contributed by atoms with Crippen molar-refractivity contribution in [1.82, 2.24) is 25.3 Å². The number of nitrogens with two attached hydrogens (primary N) is 1. The lowest BCUT2D eigenvalue weighted by Crippen LogP contribution is -2.31. The molecule has 0 saturated heterocycles. The third-order valence-corrected chi connectivity index (χ3v) is 3.67. The van der Waals surface area contributed by atoms with Gasteiger partial charge in [0.25, 0.3) is 5.91 Å². The average molecular weight is 414 g/mol. The van der Waals surface area contributed by atoms with E-state index in [1.165, 1.54) is 18.3 Å². The van der Waals surface area contributed by atoms with Crippen LogP contribution in [0.2, 0.25) is 5.02 Å². The Bertz CT molecular complexity index is 1020. The number of pyridine rings is 1. The minimum atomic E-state index is -0.683. The SMILES string of the molecule is Nc1nc(COC(=O)CNC(=O)c2cc(Cl)ccn2)nc(Nc2ccccc2)n1. The molecule has 4 N–H and O–H groups in total. The molecule has 3 aromatic rings. The van der Waals surface area contributed by atoms with Crippen molar-refractivity contribution < 1.29 is 14.3 Å². The summed E-state index contributed by atoms with van der Waals surface area (Å²) in [7, 11) is 0. The van der Waals surface area contributed by atoms with Gasteiger partial charge in [-0.15, -0.1) is 0 Å². The number of esters is 1. The van der Waals surface area contributed by atoms with Crippen LogP contribution in [0.15, 0.2) is 48.7 Å². The number of hydrogen-bond donors (Lipinski definition) is 3. The molecule has 0 unspecified atom stereocenters. The molecule has 0 bridgehead atoms. The molecule has 1 aromatic carbocycles. The summed E-state index contributed by atoms with van der Waals surface area (Å²) in [5.74, 6) is -0.882. The van der Waals surface area contributed by atoms with E-state index in [-0.39, 0.29) is 36.6 Å². The molecular formula is C18H16ClN7O3. The minimum absolute atomic E-state index is 0.0233. The number of rotatable bonds is 7. The van der Waals surface area contributed by atoms with Crippen molar-refractivity contribution in [2.45, 2.75) is 6.61 Å². The molecule has 0 radical (unpaired) electrons. The van der Waals surface area contributed by atoms with Crippen LogP contribution in [0.4, 0.5) is 17.6 Å². The van der Waals surface area contributed by atoms with Crippen LogP contribution in [0.3, 0.4) is 0 Å². The lowest BCUT2D eigenvalue weighted by Gasteiger charge is -2.08. The highest BCUT2D eigenvalue weighted by Crippen LogP contribution is 2.13. The fourth-order valence-electron chi connectivity index (χ4n) is 2.18. The summed E-state index contributed by atoms with van der Waals surface area (Å²) in [5, 5.41) is 5.73. The molecule has 2 aromatic heterocycles. The van der Waals surface area contributed by atoms with Crippen molar-refractivity contribution in [3.05, 3.63) is 65.2 Å². The van der Waals surface area contributed by atoms with Crippen LogP contribution in [0.25, 0.3) is 0 Å². The number of nitrogens with zero attached hydrogens (tertiary/aromatic N) is 4. The van der Waals surface area contributed by atoms with E-state index in [4.69, 9.17) is 22.1 Å². The van der Waals surface area contributed by atoms with Crippen molar-refractivity contribution in [2.24, 2.45) is 0 Å². The molecule has 29 heavy (non-hydrogen) atoms. The van der Waals surface area contributed by atoms with E-state index in [0.717, 1.165) is 5.69 Å².